The van der Waals surface area contributed by atoms with Gasteiger partial charge >= 0.3 is 0 Å². The quantitative estimate of drug-likeness (QED) is 0.662. The lowest BCUT2D eigenvalue weighted by Crippen LogP contribution is -1.95. The minimum Gasteiger partial charge on any atom is -0.207 e. The van der Waals surface area contributed by atoms with Crippen LogP contribution in [0.2, 0.25) is 5.02 Å². The van der Waals surface area contributed by atoms with Gasteiger partial charge in [0.1, 0.15) is 5.82 Å². The molecular weight excluding hydrogens is 303 g/mol. The highest BCUT2D eigenvalue weighted by molar-refractivity contribution is 9.09. The van der Waals surface area contributed by atoms with Gasteiger partial charge in [-0.1, -0.05) is 57.9 Å². The predicted octanol–water partition coefficient (Wildman–Crippen LogP) is 5.27. The van der Waals surface area contributed by atoms with E-state index in [0.717, 1.165) is 11.1 Å². The predicted molar refractivity (Wildman–Crippen MR) is 73.4 cm³/mol. The molecule has 2 aromatic carbocycles. The molecule has 0 aliphatic carbocycles. The molecule has 0 radical (unpaired) electrons. The Morgan fingerprint density at radius 2 is 1.88 bits per heavy atom. The van der Waals surface area contributed by atoms with Gasteiger partial charge in [0.15, 0.2) is 0 Å². The number of rotatable bonds is 2. The van der Waals surface area contributed by atoms with Gasteiger partial charge in [-0.3, -0.25) is 0 Å². The number of alkyl halides is 1. The molecule has 1 atom stereocenters. The second-order valence-electron chi connectivity index (χ2n) is 3.89. The van der Waals surface area contributed by atoms with Gasteiger partial charge in [-0.25, -0.2) is 4.39 Å². The van der Waals surface area contributed by atoms with E-state index >= 15 is 0 Å². The zero-order valence-corrected chi connectivity index (χ0v) is 11.6. The molecule has 0 saturated carbocycles. The van der Waals surface area contributed by atoms with Gasteiger partial charge in [-0.15, -0.1) is 0 Å². The number of aryl methyl sites for hydroxylation is 1. The number of benzene rings is 2. The van der Waals surface area contributed by atoms with E-state index in [1.165, 1.54) is 6.07 Å². The molecule has 1 unspecified atom stereocenters. The third-order valence-electron chi connectivity index (χ3n) is 2.65. The summed E-state index contributed by atoms with van der Waals surface area (Å²) in [6.07, 6.45) is 0. The van der Waals surface area contributed by atoms with Crippen LogP contribution in [0.4, 0.5) is 4.39 Å². The molecule has 0 heterocycles. The fourth-order valence-corrected chi connectivity index (χ4v) is 2.75. The Morgan fingerprint density at radius 1 is 1.18 bits per heavy atom. The summed E-state index contributed by atoms with van der Waals surface area (Å²) in [5, 5.41) is 0.705. The molecule has 0 bridgehead atoms. The highest BCUT2D eigenvalue weighted by Crippen LogP contribution is 2.35. The first kappa shape index (κ1) is 12.6. The lowest BCUT2D eigenvalue weighted by molar-refractivity contribution is 0.618. The highest BCUT2D eigenvalue weighted by atomic mass is 79.9. The van der Waals surface area contributed by atoms with Crippen LogP contribution in [-0.4, -0.2) is 0 Å². The fraction of sp³-hybridized carbons (Fsp3) is 0.143. The first-order chi connectivity index (χ1) is 8.09. The smallest absolute Gasteiger partial charge is 0.126 e. The summed E-state index contributed by atoms with van der Waals surface area (Å²) in [4.78, 5) is -0.0181. The van der Waals surface area contributed by atoms with Gasteiger partial charge in [0, 0.05) is 5.02 Å². The molecule has 0 aromatic heterocycles. The summed E-state index contributed by atoms with van der Waals surface area (Å²) < 4.78 is 13.2. The summed E-state index contributed by atoms with van der Waals surface area (Å²) in [7, 11) is 0. The van der Waals surface area contributed by atoms with Crippen LogP contribution in [-0.2, 0) is 0 Å². The van der Waals surface area contributed by atoms with Crippen molar-refractivity contribution in [3.8, 4) is 0 Å². The normalized spacial score (nSPS) is 12.5. The zero-order valence-electron chi connectivity index (χ0n) is 9.25. The lowest BCUT2D eigenvalue weighted by Gasteiger charge is -2.13. The van der Waals surface area contributed by atoms with Crippen LogP contribution < -0.4 is 0 Å². The molecule has 2 rings (SSSR count). The summed E-state index contributed by atoms with van der Waals surface area (Å²) in [5.74, 6) is -0.187. The van der Waals surface area contributed by atoms with Crippen molar-refractivity contribution in [1.82, 2.24) is 0 Å². The van der Waals surface area contributed by atoms with Crippen LogP contribution in [0.5, 0.6) is 0 Å². The maximum absolute atomic E-state index is 13.2. The van der Waals surface area contributed by atoms with E-state index in [4.69, 9.17) is 11.6 Å². The Kier molecular flexibility index (Phi) is 3.85. The maximum Gasteiger partial charge on any atom is 0.126 e. The largest absolute Gasteiger partial charge is 0.207 e. The van der Waals surface area contributed by atoms with Crippen LogP contribution in [0, 0.1) is 12.7 Å². The average molecular weight is 314 g/mol. The SMILES string of the molecule is Cc1cc(C(Br)c2ccccc2Cl)ccc1F. The first-order valence-electron chi connectivity index (χ1n) is 5.24. The molecule has 0 fully saturated rings. The van der Waals surface area contributed by atoms with E-state index < -0.39 is 0 Å². The van der Waals surface area contributed by atoms with Gasteiger partial charge in [0.2, 0.25) is 0 Å². The standard InChI is InChI=1S/C14H11BrClF/c1-9-8-10(6-7-13(9)17)14(15)11-4-2-3-5-12(11)16/h2-8,14H,1H3. The van der Waals surface area contributed by atoms with Crippen LogP contribution in [0.25, 0.3) is 0 Å². The molecule has 0 aliphatic rings. The maximum atomic E-state index is 13.2. The first-order valence-corrected chi connectivity index (χ1v) is 6.53. The molecular formula is C14H11BrClF. The minimum absolute atomic E-state index is 0.0181. The molecule has 3 heteroatoms. The summed E-state index contributed by atoms with van der Waals surface area (Å²) in [6, 6.07) is 12.7. The Morgan fingerprint density at radius 3 is 2.53 bits per heavy atom. The molecule has 2 aromatic rings. The number of hydrogen-bond acceptors (Lipinski definition) is 0. The number of hydrogen-bond donors (Lipinski definition) is 0. The lowest BCUT2D eigenvalue weighted by atomic mass is 10.0. The van der Waals surface area contributed by atoms with Crippen LogP contribution >= 0.6 is 27.5 Å². The van der Waals surface area contributed by atoms with Gasteiger partial charge < -0.3 is 0 Å². The average Bonchev–Trinajstić information content (AvgIpc) is 2.32. The second-order valence-corrected chi connectivity index (χ2v) is 5.22. The van der Waals surface area contributed by atoms with E-state index in [9.17, 15) is 4.39 Å². The zero-order chi connectivity index (χ0) is 12.4. The molecule has 17 heavy (non-hydrogen) atoms. The Balaban J connectivity index is 2.40. The van der Waals surface area contributed by atoms with E-state index in [0.29, 0.717) is 10.6 Å². The molecule has 0 amide bonds. The van der Waals surface area contributed by atoms with Crippen molar-refractivity contribution in [3.05, 3.63) is 70.0 Å². The van der Waals surface area contributed by atoms with E-state index in [1.54, 1.807) is 13.0 Å². The topological polar surface area (TPSA) is 0 Å². The van der Waals surface area contributed by atoms with E-state index in [-0.39, 0.29) is 10.6 Å². The van der Waals surface area contributed by atoms with Gasteiger partial charge in [-0.2, -0.15) is 0 Å². The van der Waals surface area contributed by atoms with E-state index in [1.807, 2.05) is 30.3 Å². The third-order valence-corrected chi connectivity index (χ3v) is 4.02. The summed E-state index contributed by atoms with van der Waals surface area (Å²) in [5.41, 5.74) is 2.62. The minimum atomic E-state index is -0.187. The Bertz CT molecular complexity index is 539. The van der Waals surface area contributed by atoms with Crippen molar-refractivity contribution in [2.24, 2.45) is 0 Å². The van der Waals surface area contributed by atoms with Gasteiger partial charge in [-0.05, 0) is 35.7 Å². The molecule has 0 aliphatic heterocycles. The molecule has 0 N–H and O–H groups in total. The molecule has 0 saturated heterocycles. The van der Waals surface area contributed by atoms with Crippen molar-refractivity contribution >= 4 is 27.5 Å². The summed E-state index contributed by atoms with van der Waals surface area (Å²) in [6.45, 7) is 1.76. The van der Waals surface area contributed by atoms with E-state index in [2.05, 4.69) is 15.9 Å². The van der Waals surface area contributed by atoms with Crippen molar-refractivity contribution < 1.29 is 4.39 Å². The summed E-state index contributed by atoms with van der Waals surface area (Å²) >= 11 is 9.73. The third kappa shape index (κ3) is 2.70. The van der Waals surface area contributed by atoms with Crippen LogP contribution in [0.1, 0.15) is 21.5 Å². The van der Waals surface area contributed by atoms with Crippen molar-refractivity contribution in [2.75, 3.05) is 0 Å². The van der Waals surface area contributed by atoms with Crippen molar-refractivity contribution in [2.45, 2.75) is 11.8 Å². The second kappa shape index (κ2) is 5.19. The van der Waals surface area contributed by atoms with Crippen LogP contribution in [0.3, 0.4) is 0 Å². The Hall–Kier alpha value is -0.860. The number of halogens is 3. The van der Waals surface area contributed by atoms with Crippen molar-refractivity contribution in [1.29, 1.82) is 0 Å². The van der Waals surface area contributed by atoms with Crippen molar-refractivity contribution in [3.63, 3.8) is 0 Å². The highest BCUT2D eigenvalue weighted by Gasteiger charge is 2.14. The van der Waals surface area contributed by atoms with Crippen LogP contribution in [0.15, 0.2) is 42.5 Å². The fourth-order valence-electron chi connectivity index (χ4n) is 1.69. The molecule has 0 spiro atoms. The molecule has 88 valence electrons. The monoisotopic (exact) mass is 312 g/mol. The van der Waals surface area contributed by atoms with Gasteiger partial charge in [0.25, 0.3) is 0 Å². The Labute approximate surface area is 114 Å². The molecule has 0 nitrogen and oxygen atoms in total. The van der Waals surface area contributed by atoms with Gasteiger partial charge in [0.05, 0.1) is 4.83 Å².